The lowest BCUT2D eigenvalue weighted by Gasteiger charge is -2.18. The molecule has 3 aromatic rings. The Labute approximate surface area is 180 Å². The minimum absolute atomic E-state index is 0.123. The standard InChI is InChI=1S/C21H19F4N5O2/c1-3-13-6-4-5-7-16(13)26-17(31)12-29(2)20(32)18-19(21(23,24)25)30(28-27-18)15-10-8-14(22)9-11-15/h4-11H,3,12H2,1-2H3,(H,26,31). The average molecular weight is 449 g/mol. The van der Waals surface area contributed by atoms with Crippen LogP contribution >= 0.6 is 0 Å². The number of para-hydroxylation sites is 1. The van der Waals surface area contributed by atoms with Gasteiger partial charge in [0.2, 0.25) is 5.91 Å². The summed E-state index contributed by atoms with van der Waals surface area (Å²) in [7, 11) is 1.19. The van der Waals surface area contributed by atoms with E-state index in [2.05, 4.69) is 15.6 Å². The Bertz CT molecular complexity index is 1130. The molecule has 0 aliphatic carbocycles. The Morgan fingerprint density at radius 3 is 2.38 bits per heavy atom. The molecule has 0 saturated heterocycles. The van der Waals surface area contributed by atoms with Crippen molar-refractivity contribution in [2.24, 2.45) is 0 Å². The van der Waals surface area contributed by atoms with Gasteiger partial charge in [0.15, 0.2) is 11.4 Å². The van der Waals surface area contributed by atoms with Crippen LogP contribution in [0.5, 0.6) is 0 Å². The lowest BCUT2D eigenvalue weighted by molar-refractivity contribution is -0.143. The summed E-state index contributed by atoms with van der Waals surface area (Å²) in [6.07, 6.45) is -4.32. The molecule has 0 radical (unpaired) electrons. The van der Waals surface area contributed by atoms with Crippen molar-refractivity contribution in [3.8, 4) is 5.69 Å². The van der Waals surface area contributed by atoms with Crippen LogP contribution in [0.25, 0.3) is 5.69 Å². The summed E-state index contributed by atoms with van der Waals surface area (Å²) in [5, 5.41) is 9.48. The monoisotopic (exact) mass is 449 g/mol. The molecule has 168 valence electrons. The summed E-state index contributed by atoms with van der Waals surface area (Å²) in [6.45, 7) is 1.40. The van der Waals surface area contributed by atoms with Gasteiger partial charge in [0.25, 0.3) is 5.91 Å². The second-order valence-electron chi connectivity index (χ2n) is 6.89. The highest BCUT2D eigenvalue weighted by molar-refractivity contribution is 5.99. The molecular formula is C21H19F4N5O2. The van der Waals surface area contributed by atoms with Crippen LogP contribution in [0, 0.1) is 5.82 Å². The summed E-state index contributed by atoms with van der Waals surface area (Å²) in [6, 6.07) is 11.1. The van der Waals surface area contributed by atoms with Crippen molar-refractivity contribution >= 4 is 17.5 Å². The number of rotatable bonds is 6. The van der Waals surface area contributed by atoms with Gasteiger partial charge in [0.05, 0.1) is 12.2 Å². The van der Waals surface area contributed by atoms with Crippen LogP contribution in [0.3, 0.4) is 0 Å². The van der Waals surface area contributed by atoms with Crippen molar-refractivity contribution in [2.75, 3.05) is 18.9 Å². The molecule has 0 spiro atoms. The molecule has 2 amide bonds. The molecule has 32 heavy (non-hydrogen) atoms. The van der Waals surface area contributed by atoms with Crippen molar-refractivity contribution in [1.82, 2.24) is 19.9 Å². The first kappa shape index (κ1) is 22.9. The summed E-state index contributed by atoms with van der Waals surface area (Å²) in [5.74, 6) is -2.36. The van der Waals surface area contributed by atoms with E-state index in [1.807, 2.05) is 19.1 Å². The minimum Gasteiger partial charge on any atom is -0.331 e. The largest absolute Gasteiger partial charge is 0.435 e. The first-order valence-corrected chi connectivity index (χ1v) is 9.53. The number of halogens is 4. The van der Waals surface area contributed by atoms with Crippen LogP contribution in [0.1, 0.15) is 28.7 Å². The fraction of sp³-hybridized carbons (Fsp3) is 0.238. The van der Waals surface area contributed by atoms with Crippen molar-refractivity contribution < 1.29 is 27.2 Å². The molecule has 0 saturated carbocycles. The van der Waals surface area contributed by atoms with E-state index in [-0.39, 0.29) is 5.69 Å². The number of hydrogen-bond acceptors (Lipinski definition) is 4. The third-order valence-electron chi connectivity index (χ3n) is 4.61. The highest BCUT2D eigenvalue weighted by Crippen LogP contribution is 2.33. The van der Waals surface area contributed by atoms with Gasteiger partial charge in [-0.1, -0.05) is 30.3 Å². The quantitative estimate of drug-likeness (QED) is 0.582. The Morgan fingerprint density at radius 2 is 1.75 bits per heavy atom. The Hall–Kier alpha value is -3.76. The zero-order chi connectivity index (χ0) is 23.5. The molecule has 7 nitrogen and oxygen atoms in total. The Morgan fingerprint density at radius 1 is 1.09 bits per heavy atom. The molecule has 11 heteroatoms. The van der Waals surface area contributed by atoms with Gasteiger partial charge in [-0.3, -0.25) is 9.59 Å². The zero-order valence-corrected chi connectivity index (χ0v) is 17.2. The smallest absolute Gasteiger partial charge is 0.331 e. The van der Waals surface area contributed by atoms with E-state index < -0.39 is 41.7 Å². The van der Waals surface area contributed by atoms with Gasteiger partial charge in [-0.05, 0) is 42.3 Å². The molecule has 2 aromatic carbocycles. The van der Waals surface area contributed by atoms with Crippen LogP contribution in [0.2, 0.25) is 0 Å². The third kappa shape index (κ3) is 4.93. The maximum absolute atomic E-state index is 13.7. The van der Waals surface area contributed by atoms with Gasteiger partial charge >= 0.3 is 6.18 Å². The lowest BCUT2D eigenvalue weighted by atomic mass is 10.1. The number of hydrogen-bond donors (Lipinski definition) is 1. The van der Waals surface area contributed by atoms with Gasteiger partial charge in [-0.25, -0.2) is 9.07 Å². The molecule has 1 heterocycles. The van der Waals surface area contributed by atoms with Crippen molar-refractivity contribution in [3.05, 3.63) is 71.3 Å². The number of aromatic nitrogens is 3. The minimum atomic E-state index is -4.98. The first-order chi connectivity index (χ1) is 15.1. The van der Waals surface area contributed by atoms with E-state index in [1.165, 1.54) is 7.05 Å². The van der Waals surface area contributed by atoms with E-state index in [4.69, 9.17) is 0 Å². The van der Waals surface area contributed by atoms with E-state index in [9.17, 15) is 27.2 Å². The average Bonchev–Trinajstić information content (AvgIpc) is 3.19. The van der Waals surface area contributed by atoms with Crippen LogP contribution in [0.15, 0.2) is 48.5 Å². The first-order valence-electron chi connectivity index (χ1n) is 9.53. The third-order valence-corrected chi connectivity index (χ3v) is 4.61. The number of nitrogens with zero attached hydrogens (tertiary/aromatic N) is 4. The Kier molecular flexibility index (Phi) is 6.56. The Balaban J connectivity index is 1.83. The SMILES string of the molecule is CCc1ccccc1NC(=O)CN(C)C(=O)c1nnn(-c2ccc(F)cc2)c1C(F)(F)F. The number of carbonyl (C=O) groups excluding carboxylic acids is 2. The maximum atomic E-state index is 13.7. The molecule has 0 atom stereocenters. The summed E-state index contributed by atoms with van der Waals surface area (Å²) in [5.41, 5.74) is -1.08. The number of nitrogens with one attached hydrogen (secondary N) is 1. The number of amides is 2. The summed E-state index contributed by atoms with van der Waals surface area (Å²) < 4.78 is 54.8. The van der Waals surface area contributed by atoms with Crippen LogP contribution in [-0.4, -0.2) is 45.3 Å². The molecule has 1 aromatic heterocycles. The number of carbonyl (C=O) groups is 2. The van der Waals surface area contributed by atoms with Crippen molar-refractivity contribution in [2.45, 2.75) is 19.5 Å². The van der Waals surface area contributed by atoms with Gasteiger partial charge in [-0.15, -0.1) is 5.10 Å². The van der Waals surface area contributed by atoms with E-state index in [0.29, 0.717) is 16.8 Å². The topological polar surface area (TPSA) is 80.1 Å². The van der Waals surface area contributed by atoms with Crippen molar-refractivity contribution in [3.63, 3.8) is 0 Å². The molecule has 0 aliphatic rings. The highest BCUT2D eigenvalue weighted by atomic mass is 19.4. The van der Waals surface area contributed by atoms with Gasteiger partial charge < -0.3 is 10.2 Å². The number of likely N-dealkylation sites (N-methyl/N-ethyl adjacent to an activating group) is 1. The zero-order valence-electron chi connectivity index (χ0n) is 17.2. The molecule has 0 bridgehead atoms. The second-order valence-corrected chi connectivity index (χ2v) is 6.89. The molecule has 0 unspecified atom stereocenters. The predicted molar refractivity (Wildman–Crippen MR) is 108 cm³/mol. The van der Waals surface area contributed by atoms with Gasteiger partial charge in [0, 0.05) is 12.7 Å². The normalized spacial score (nSPS) is 11.3. The number of benzene rings is 2. The molecule has 0 aliphatic heterocycles. The molecular weight excluding hydrogens is 430 g/mol. The summed E-state index contributed by atoms with van der Waals surface area (Å²) in [4.78, 5) is 25.9. The van der Waals surface area contributed by atoms with E-state index in [1.54, 1.807) is 12.1 Å². The summed E-state index contributed by atoms with van der Waals surface area (Å²) >= 11 is 0. The van der Waals surface area contributed by atoms with Gasteiger partial charge in [0.1, 0.15) is 5.82 Å². The lowest BCUT2D eigenvalue weighted by Crippen LogP contribution is -2.36. The molecule has 3 rings (SSSR count). The fourth-order valence-corrected chi connectivity index (χ4v) is 3.05. The van der Waals surface area contributed by atoms with Crippen molar-refractivity contribution in [1.29, 1.82) is 0 Å². The second kappa shape index (κ2) is 9.16. The number of alkyl halides is 3. The highest BCUT2D eigenvalue weighted by Gasteiger charge is 2.42. The van der Waals surface area contributed by atoms with Crippen LogP contribution < -0.4 is 5.32 Å². The van der Waals surface area contributed by atoms with Gasteiger partial charge in [-0.2, -0.15) is 13.2 Å². The molecule has 1 N–H and O–H groups in total. The maximum Gasteiger partial charge on any atom is 0.435 e. The van der Waals surface area contributed by atoms with Crippen LogP contribution in [-0.2, 0) is 17.4 Å². The number of aryl methyl sites for hydroxylation is 1. The van der Waals surface area contributed by atoms with E-state index in [0.717, 1.165) is 34.7 Å². The number of anilines is 1. The fourth-order valence-electron chi connectivity index (χ4n) is 3.05. The van der Waals surface area contributed by atoms with Crippen LogP contribution in [0.4, 0.5) is 23.2 Å². The molecule has 0 fully saturated rings. The van der Waals surface area contributed by atoms with E-state index >= 15 is 0 Å². The predicted octanol–water partition coefficient (Wildman–Crippen LogP) is 3.70.